The van der Waals surface area contributed by atoms with E-state index in [1.165, 1.54) is 0 Å². The number of aryl methyl sites for hydroxylation is 1. The van der Waals surface area contributed by atoms with Crippen LogP contribution in [0.25, 0.3) is 22.8 Å². The van der Waals surface area contributed by atoms with Crippen LogP contribution in [0.2, 0.25) is 5.02 Å². The second-order valence-electron chi connectivity index (χ2n) is 10.5. The Hall–Kier alpha value is -3.13. The van der Waals surface area contributed by atoms with E-state index in [0.717, 1.165) is 44.1 Å². The molecule has 1 N–H and O–H groups in total. The van der Waals surface area contributed by atoms with Gasteiger partial charge in [-0.25, -0.2) is 14.8 Å². The van der Waals surface area contributed by atoms with E-state index in [1.54, 1.807) is 24.4 Å². The van der Waals surface area contributed by atoms with Gasteiger partial charge in [0.05, 0.1) is 16.5 Å². The third-order valence-electron chi connectivity index (χ3n) is 7.50. The molecule has 0 bridgehead atoms. The van der Waals surface area contributed by atoms with E-state index < -0.39 is 17.8 Å². The highest BCUT2D eigenvalue weighted by molar-refractivity contribution is 6.33. The van der Waals surface area contributed by atoms with Gasteiger partial charge in [0, 0.05) is 29.8 Å². The fourth-order valence-electron chi connectivity index (χ4n) is 5.22. The van der Waals surface area contributed by atoms with Crippen molar-refractivity contribution in [3.63, 3.8) is 0 Å². The molecule has 9 heteroatoms. The third-order valence-corrected chi connectivity index (χ3v) is 7.83. The number of nitrogens with zero attached hydrogens (tertiary/aromatic N) is 3. The molecule has 0 amide bonds. The van der Waals surface area contributed by atoms with Crippen molar-refractivity contribution in [2.75, 3.05) is 6.67 Å². The van der Waals surface area contributed by atoms with Crippen LogP contribution in [-0.2, 0) is 11.2 Å². The summed E-state index contributed by atoms with van der Waals surface area (Å²) < 4.78 is 19.9. The molecule has 0 unspecified atom stereocenters. The molecule has 1 fully saturated rings. The predicted molar refractivity (Wildman–Crippen MR) is 151 cm³/mol. The molecular weight excluding hydrogens is 519 g/mol. The second-order valence-corrected chi connectivity index (χ2v) is 10.9. The van der Waals surface area contributed by atoms with Crippen LogP contribution in [0.3, 0.4) is 0 Å². The number of rotatable bonds is 11. The maximum atomic E-state index is 14.1. The number of Topliss-reactive ketones (excluding diaryl/α,β-unsaturated/α-hetero) is 1. The summed E-state index contributed by atoms with van der Waals surface area (Å²) in [4.78, 5) is 41.1. The number of carbonyl (C=O) groups is 1. The van der Waals surface area contributed by atoms with E-state index >= 15 is 0 Å². The van der Waals surface area contributed by atoms with Crippen molar-refractivity contribution in [1.82, 2.24) is 19.9 Å². The van der Waals surface area contributed by atoms with E-state index in [9.17, 15) is 14.0 Å². The Bertz CT molecular complexity index is 1320. The van der Waals surface area contributed by atoms with Gasteiger partial charge in [0.15, 0.2) is 5.82 Å². The molecular formula is C30H36ClFN4O3. The topological polar surface area (TPSA) is 97.8 Å². The Kier molecular flexibility index (Phi) is 9.83. The lowest BCUT2D eigenvalue weighted by Gasteiger charge is -2.28. The quantitative estimate of drug-likeness (QED) is 0.258. The minimum absolute atomic E-state index is 0.00913. The Balaban J connectivity index is 1.53. The first-order valence-corrected chi connectivity index (χ1v) is 14.2. The van der Waals surface area contributed by atoms with Gasteiger partial charge >= 0.3 is 5.69 Å². The van der Waals surface area contributed by atoms with Gasteiger partial charge in [0.2, 0.25) is 5.88 Å². The summed E-state index contributed by atoms with van der Waals surface area (Å²) in [5, 5.41) is 0.404. The molecule has 0 radical (unpaired) electrons. The van der Waals surface area contributed by atoms with Crippen LogP contribution in [-0.4, -0.2) is 38.5 Å². The first kappa shape index (κ1) is 28.9. The lowest BCUT2D eigenvalue weighted by Crippen LogP contribution is -2.33. The summed E-state index contributed by atoms with van der Waals surface area (Å²) in [5.41, 5.74) is 0.535. The number of aromatic amines is 1. The molecule has 3 aromatic rings. The number of H-pyrrole nitrogens is 1. The summed E-state index contributed by atoms with van der Waals surface area (Å²) in [6.45, 7) is 3.50. The number of carbonyl (C=O) groups excluding carboxylic acids is 1. The number of halogens is 2. The van der Waals surface area contributed by atoms with Crippen molar-refractivity contribution in [2.24, 2.45) is 5.41 Å². The smallest absolute Gasteiger partial charge is 0.348 e. The fraction of sp³-hybridized carbons (Fsp3) is 0.500. The largest absolute Gasteiger partial charge is 0.475 e. The number of hydrogen-bond acceptors (Lipinski definition) is 6. The maximum Gasteiger partial charge on any atom is 0.348 e. The number of benzene rings is 1. The lowest BCUT2D eigenvalue weighted by atomic mass is 9.76. The van der Waals surface area contributed by atoms with Crippen LogP contribution in [0.1, 0.15) is 77.2 Å². The normalized spacial score (nSPS) is 15.9. The summed E-state index contributed by atoms with van der Waals surface area (Å²) in [6, 6.07) is 8.87. The molecule has 7 nitrogen and oxygen atoms in total. The average Bonchev–Trinajstić information content (AvgIpc) is 3.19. The van der Waals surface area contributed by atoms with Crippen LogP contribution in [0.15, 0.2) is 41.3 Å². The van der Waals surface area contributed by atoms with E-state index in [2.05, 4.69) is 26.9 Å². The number of aromatic nitrogens is 4. The van der Waals surface area contributed by atoms with Crippen molar-refractivity contribution in [3.05, 3.63) is 57.6 Å². The molecule has 4 rings (SSSR count). The highest BCUT2D eigenvalue weighted by Crippen LogP contribution is 2.38. The van der Waals surface area contributed by atoms with Gasteiger partial charge in [-0.1, -0.05) is 56.7 Å². The van der Waals surface area contributed by atoms with Crippen molar-refractivity contribution in [1.29, 1.82) is 0 Å². The van der Waals surface area contributed by atoms with Crippen molar-refractivity contribution >= 4 is 17.4 Å². The molecule has 0 saturated heterocycles. The number of hydrogen-bond donors (Lipinski definition) is 1. The Morgan fingerprint density at radius 2 is 1.92 bits per heavy atom. The van der Waals surface area contributed by atoms with Crippen molar-refractivity contribution < 1.29 is 13.9 Å². The molecule has 208 valence electrons. The molecule has 39 heavy (non-hydrogen) atoms. The molecule has 1 aromatic carbocycles. The molecule has 0 aliphatic heterocycles. The number of nitrogens with one attached hydrogen (secondary N) is 1. The Labute approximate surface area is 233 Å². The van der Waals surface area contributed by atoms with Crippen LogP contribution in [0.4, 0.5) is 4.39 Å². The molecule has 1 aliphatic carbocycles. The number of pyridine rings is 1. The van der Waals surface area contributed by atoms with Gasteiger partial charge < -0.3 is 4.74 Å². The van der Waals surface area contributed by atoms with Gasteiger partial charge in [0.25, 0.3) is 0 Å². The van der Waals surface area contributed by atoms with E-state index in [-0.39, 0.29) is 30.0 Å². The van der Waals surface area contributed by atoms with Gasteiger partial charge in [-0.15, -0.1) is 0 Å². The molecule has 1 atom stereocenters. The Morgan fingerprint density at radius 3 is 2.59 bits per heavy atom. The average molecular weight is 555 g/mol. The van der Waals surface area contributed by atoms with E-state index in [4.69, 9.17) is 16.3 Å². The van der Waals surface area contributed by atoms with Crippen LogP contribution in [0.5, 0.6) is 5.88 Å². The lowest BCUT2D eigenvalue weighted by molar-refractivity contribution is -0.130. The Morgan fingerprint density at radius 1 is 1.15 bits per heavy atom. The van der Waals surface area contributed by atoms with Gasteiger partial charge in [-0.05, 0) is 56.4 Å². The molecule has 2 heterocycles. The van der Waals surface area contributed by atoms with E-state index in [1.807, 2.05) is 19.1 Å². The first-order valence-electron chi connectivity index (χ1n) is 13.8. The summed E-state index contributed by atoms with van der Waals surface area (Å²) in [5.74, 6) is 0.965. The number of ether oxygens (including phenoxy) is 1. The minimum Gasteiger partial charge on any atom is -0.475 e. The molecule has 2 aromatic heterocycles. The fourth-order valence-corrected chi connectivity index (χ4v) is 5.43. The summed E-state index contributed by atoms with van der Waals surface area (Å²) in [6.07, 6.45) is 9.43. The summed E-state index contributed by atoms with van der Waals surface area (Å²) >= 11 is 6.50. The second kappa shape index (κ2) is 13.3. The van der Waals surface area contributed by atoms with Crippen molar-refractivity contribution in [3.8, 4) is 28.7 Å². The maximum absolute atomic E-state index is 14.1. The predicted octanol–water partition coefficient (Wildman–Crippen LogP) is 6.93. The molecule has 0 spiro atoms. The van der Waals surface area contributed by atoms with Crippen LogP contribution >= 0.6 is 11.6 Å². The molecule has 1 saturated carbocycles. The zero-order valence-electron chi connectivity index (χ0n) is 22.6. The van der Waals surface area contributed by atoms with Gasteiger partial charge in [-0.3, -0.25) is 14.2 Å². The SMILES string of the molecule is CCC[C@H](C)Oc1ccc(-c2nc(-c3cc(CCC(=O)C4(CF)CCCCCC4)ccc3Cl)[nH]c(=O)n2)cn1. The summed E-state index contributed by atoms with van der Waals surface area (Å²) in [7, 11) is 0. The third kappa shape index (κ3) is 7.29. The van der Waals surface area contributed by atoms with E-state index in [0.29, 0.717) is 41.3 Å². The van der Waals surface area contributed by atoms with Gasteiger partial charge in [-0.2, -0.15) is 4.98 Å². The zero-order valence-corrected chi connectivity index (χ0v) is 23.4. The highest BCUT2D eigenvalue weighted by atomic mass is 35.5. The number of alkyl halides is 1. The zero-order chi connectivity index (χ0) is 27.8. The van der Waals surface area contributed by atoms with Crippen molar-refractivity contribution in [2.45, 2.75) is 84.2 Å². The number of ketones is 1. The van der Waals surface area contributed by atoms with Gasteiger partial charge in [0.1, 0.15) is 18.3 Å². The van der Waals surface area contributed by atoms with Crippen LogP contribution in [0, 0.1) is 5.41 Å². The monoisotopic (exact) mass is 554 g/mol. The highest BCUT2D eigenvalue weighted by Gasteiger charge is 2.37. The van der Waals surface area contributed by atoms with Crippen LogP contribution < -0.4 is 10.4 Å². The first-order chi connectivity index (χ1) is 18.8. The standard InChI is InChI=1S/C30H36ClFN4O3/c1-3-8-20(2)39-26-14-11-22(18-33-26)27-34-28(36-29(38)35-27)23-17-21(9-12-24(23)31)10-13-25(37)30(19-32)15-6-4-5-7-16-30/h9,11-12,14,17-18,20H,3-8,10,13,15-16,19H2,1-2H3,(H,34,35,36,38)/t20-/m0/s1. The minimum atomic E-state index is -0.846. The molecule has 1 aliphatic rings.